The molecule has 0 aliphatic heterocycles. The molecular weight excluding hydrogens is 436 g/mol. The summed E-state index contributed by atoms with van der Waals surface area (Å²) < 4.78 is 11.2. The van der Waals surface area contributed by atoms with Crippen molar-refractivity contribution in [3.8, 4) is 5.75 Å². The highest BCUT2D eigenvalue weighted by Crippen LogP contribution is 2.35. The molecule has 1 fully saturated rings. The number of nitrogens with zero attached hydrogens (tertiary/aromatic N) is 2. The number of hydrogen-bond donors (Lipinski definition) is 2. The van der Waals surface area contributed by atoms with Crippen LogP contribution in [0.15, 0.2) is 47.0 Å². The maximum atomic E-state index is 13.2. The van der Waals surface area contributed by atoms with Crippen molar-refractivity contribution < 1.29 is 23.5 Å². The third-order valence-corrected chi connectivity index (χ3v) is 6.37. The largest absolute Gasteiger partial charge is 0.497 e. The molecule has 0 unspecified atom stereocenters. The number of ether oxygens (including phenoxy) is 1. The van der Waals surface area contributed by atoms with Crippen molar-refractivity contribution in [3.63, 3.8) is 0 Å². The fraction of sp³-hybridized carbons (Fsp3) is 0.360. The Morgan fingerprint density at radius 3 is 2.50 bits per heavy atom. The van der Waals surface area contributed by atoms with Crippen LogP contribution in [0, 0.1) is 5.92 Å². The second-order valence-corrected chi connectivity index (χ2v) is 8.46. The summed E-state index contributed by atoms with van der Waals surface area (Å²) in [5.41, 5.74) is 0.754. The van der Waals surface area contributed by atoms with Crippen LogP contribution in [0.5, 0.6) is 5.75 Å². The van der Waals surface area contributed by atoms with Crippen molar-refractivity contribution >= 4 is 40.2 Å². The molecule has 9 nitrogen and oxygen atoms in total. The highest BCUT2D eigenvalue weighted by atomic mass is 16.5. The Kier molecular flexibility index (Phi) is 6.81. The van der Waals surface area contributed by atoms with E-state index in [0.29, 0.717) is 41.1 Å². The first-order chi connectivity index (χ1) is 16.4. The number of amides is 3. The van der Waals surface area contributed by atoms with Crippen LogP contribution in [0.4, 0.5) is 11.5 Å². The maximum Gasteiger partial charge on any atom is 0.294 e. The van der Waals surface area contributed by atoms with Gasteiger partial charge in [-0.25, -0.2) is 4.98 Å². The van der Waals surface area contributed by atoms with Crippen LogP contribution in [0.25, 0.3) is 11.0 Å². The van der Waals surface area contributed by atoms with Gasteiger partial charge < -0.3 is 24.7 Å². The lowest BCUT2D eigenvalue weighted by Gasteiger charge is -2.33. The highest BCUT2D eigenvalue weighted by molar-refractivity contribution is 6.14. The topological polar surface area (TPSA) is 114 Å². The average molecular weight is 465 g/mol. The molecule has 2 N–H and O–H groups in total. The van der Waals surface area contributed by atoms with Gasteiger partial charge in [0.15, 0.2) is 0 Å². The van der Waals surface area contributed by atoms with E-state index in [1.807, 2.05) is 0 Å². The number of aromatic nitrogens is 1. The van der Waals surface area contributed by atoms with E-state index in [1.54, 1.807) is 68.6 Å². The van der Waals surface area contributed by atoms with E-state index < -0.39 is 5.91 Å². The van der Waals surface area contributed by atoms with Gasteiger partial charge in [0.25, 0.3) is 5.91 Å². The number of fused-ring (bicyclic) bond motifs is 1. The highest BCUT2D eigenvalue weighted by Gasteiger charge is 2.31. The van der Waals surface area contributed by atoms with Gasteiger partial charge in [-0.2, -0.15) is 0 Å². The van der Waals surface area contributed by atoms with Gasteiger partial charge in [0.1, 0.15) is 22.8 Å². The van der Waals surface area contributed by atoms with Crippen molar-refractivity contribution in [1.82, 2.24) is 9.88 Å². The number of nitrogens with one attached hydrogen (secondary N) is 2. The molecule has 3 aromatic rings. The molecule has 3 amide bonds. The summed E-state index contributed by atoms with van der Waals surface area (Å²) in [6, 6.07) is 10.5. The van der Waals surface area contributed by atoms with Crippen LogP contribution in [0.3, 0.4) is 0 Å². The van der Waals surface area contributed by atoms with Gasteiger partial charge in [-0.15, -0.1) is 0 Å². The number of hydrogen-bond acceptors (Lipinski definition) is 6. The molecule has 0 atom stereocenters. The molecule has 1 aliphatic rings. The number of carbonyl (C=O) groups is 3. The fourth-order valence-electron chi connectivity index (χ4n) is 4.31. The van der Waals surface area contributed by atoms with Crippen molar-refractivity contribution in [2.75, 3.05) is 24.8 Å². The predicted molar refractivity (Wildman–Crippen MR) is 128 cm³/mol. The summed E-state index contributed by atoms with van der Waals surface area (Å²) in [7, 11) is 3.34. The first-order valence-electron chi connectivity index (χ1n) is 11.2. The van der Waals surface area contributed by atoms with Gasteiger partial charge in [0.05, 0.1) is 7.11 Å². The Balaban J connectivity index is 1.57. The number of benzene rings is 1. The van der Waals surface area contributed by atoms with E-state index in [4.69, 9.17) is 9.15 Å². The number of rotatable bonds is 6. The molecule has 0 spiro atoms. The second-order valence-electron chi connectivity index (χ2n) is 8.46. The maximum absolute atomic E-state index is 13.2. The van der Waals surface area contributed by atoms with E-state index >= 15 is 0 Å². The van der Waals surface area contributed by atoms with E-state index in [-0.39, 0.29) is 29.5 Å². The zero-order chi connectivity index (χ0) is 24.2. The molecule has 178 valence electrons. The first-order valence-corrected chi connectivity index (χ1v) is 11.2. The first kappa shape index (κ1) is 23.3. The summed E-state index contributed by atoms with van der Waals surface area (Å²) in [4.78, 5) is 43.7. The summed E-state index contributed by atoms with van der Waals surface area (Å²) in [6.07, 6.45) is 4.38. The zero-order valence-corrected chi connectivity index (χ0v) is 19.5. The molecular formula is C25H28N4O5. The molecule has 2 heterocycles. The van der Waals surface area contributed by atoms with Crippen molar-refractivity contribution in [2.45, 2.75) is 38.6 Å². The summed E-state index contributed by atoms with van der Waals surface area (Å²) in [5.74, 6) is 0.0441. The van der Waals surface area contributed by atoms with Gasteiger partial charge in [0, 0.05) is 37.5 Å². The minimum Gasteiger partial charge on any atom is -0.497 e. The van der Waals surface area contributed by atoms with Gasteiger partial charge >= 0.3 is 0 Å². The van der Waals surface area contributed by atoms with Gasteiger partial charge in [-0.05, 0) is 56.0 Å². The minimum absolute atomic E-state index is 0.00717. The third-order valence-electron chi connectivity index (χ3n) is 6.37. The second kappa shape index (κ2) is 9.94. The van der Waals surface area contributed by atoms with E-state index in [0.717, 1.165) is 12.8 Å². The van der Waals surface area contributed by atoms with Gasteiger partial charge in [0.2, 0.25) is 17.6 Å². The lowest BCUT2D eigenvalue weighted by Crippen LogP contribution is -2.40. The lowest BCUT2D eigenvalue weighted by atomic mass is 9.84. The Bertz CT molecular complexity index is 1200. The SMILES string of the molecule is COc1ccc2oc(C(=O)Nc3ccccn3)c(NC(=O)C3CCC(N(C)C(C)=O)CC3)c2c1. The molecule has 34 heavy (non-hydrogen) atoms. The number of carbonyl (C=O) groups excluding carboxylic acids is 3. The van der Waals surface area contributed by atoms with Crippen molar-refractivity contribution in [1.29, 1.82) is 0 Å². The molecule has 1 aliphatic carbocycles. The van der Waals surface area contributed by atoms with Crippen molar-refractivity contribution in [3.05, 3.63) is 48.4 Å². The van der Waals surface area contributed by atoms with E-state index in [9.17, 15) is 14.4 Å². The Morgan fingerprint density at radius 2 is 1.85 bits per heavy atom. The van der Waals surface area contributed by atoms with Crippen LogP contribution in [-0.4, -0.2) is 47.8 Å². The predicted octanol–water partition coefficient (Wildman–Crippen LogP) is 4.06. The molecule has 4 rings (SSSR count). The Hall–Kier alpha value is -3.88. The zero-order valence-electron chi connectivity index (χ0n) is 19.5. The number of pyridine rings is 1. The number of furan rings is 1. The Labute approximate surface area is 197 Å². The van der Waals surface area contributed by atoms with Gasteiger partial charge in [-0.3, -0.25) is 14.4 Å². The van der Waals surface area contributed by atoms with E-state index in [1.165, 1.54) is 0 Å². The normalized spacial score (nSPS) is 17.7. The van der Waals surface area contributed by atoms with Crippen LogP contribution in [-0.2, 0) is 9.59 Å². The molecule has 9 heteroatoms. The van der Waals surface area contributed by atoms with Crippen LogP contribution >= 0.6 is 0 Å². The Morgan fingerprint density at radius 1 is 1.09 bits per heavy atom. The molecule has 0 bridgehead atoms. The van der Waals surface area contributed by atoms with Crippen LogP contribution < -0.4 is 15.4 Å². The average Bonchev–Trinajstić information content (AvgIpc) is 3.21. The van der Waals surface area contributed by atoms with Gasteiger partial charge in [-0.1, -0.05) is 6.07 Å². The van der Waals surface area contributed by atoms with Crippen molar-refractivity contribution in [2.24, 2.45) is 5.92 Å². The quantitative estimate of drug-likeness (QED) is 0.569. The minimum atomic E-state index is -0.518. The molecule has 0 saturated heterocycles. The summed E-state index contributed by atoms with van der Waals surface area (Å²) in [5, 5.41) is 6.22. The third kappa shape index (κ3) is 4.88. The van der Waals surface area contributed by atoms with Crippen LogP contribution in [0.1, 0.15) is 43.2 Å². The lowest BCUT2D eigenvalue weighted by molar-refractivity contribution is -0.130. The monoisotopic (exact) mass is 464 g/mol. The molecule has 2 aromatic heterocycles. The summed E-state index contributed by atoms with van der Waals surface area (Å²) in [6.45, 7) is 1.55. The standard InChI is InChI=1S/C25H28N4O5/c1-15(30)29(2)17-9-7-16(8-10-17)24(31)28-22-19-14-18(33-3)11-12-20(19)34-23(22)25(32)27-21-6-4-5-13-26-21/h4-6,11-14,16-17H,7-10H2,1-3H3,(H,28,31)(H,26,27,32). The molecule has 1 aromatic carbocycles. The fourth-order valence-corrected chi connectivity index (χ4v) is 4.31. The molecule has 1 saturated carbocycles. The van der Waals surface area contributed by atoms with E-state index in [2.05, 4.69) is 15.6 Å². The molecule has 0 radical (unpaired) electrons. The summed E-state index contributed by atoms with van der Waals surface area (Å²) >= 11 is 0. The number of anilines is 2. The number of methoxy groups -OCH3 is 1. The van der Waals surface area contributed by atoms with Crippen LogP contribution in [0.2, 0.25) is 0 Å². The smallest absolute Gasteiger partial charge is 0.294 e.